The lowest BCUT2D eigenvalue weighted by atomic mass is 10.1. The summed E-state index contributed by atoms with van der Waals surface area (Å²) >= 11 is 3.12. The van der Waals surface area contributed by atoms with Crippen molar-refractivity contribution in [3.05, 3.63) is 99.5 Å². The summed E-state index contributed by atoms with van der Waals surface area (Å²) in [6.45, 7) is 2.38. The first-order valence-electron chi connectivity index (χ1n) is 10.3. The Morgan fingerprint density at radius 1 is 1.06 bits per heavy atom. The molecule has 3 heterocycles. The van der Waals surface area contributed by atoms with Crippen LogP contribution in [0.1, 0.15) is 22.4 Å². The first-order valence-corrected chi connectivity index (χ1v) is 12.1. The minimum atomic E-state index is -0.0271. The van der Waals surface area contributed by atoms with Crippen molar-refractivity contribution in [3.63, 3.8) is 0 Å². The van der Waals surface area contributed by atoms with Gasteiger partial charge in [0, 0.05) is 31.8 Å². The van der Waals surface area contributed by atoms with Gasteiger partial charge in [-0.15, -0.1) is 5.10 Å². The van der Waals surface area contributed by atoms with Crippen LogP contribution in [0.4, 0.5) is 0 Å². The molecule has 7 heteroatoms. The average Bonchev–Trinajstić information content (AvgIpc) is 3.22. The molecule has 0 N–H and O–H groups in total. The molecule has 0 aliphatic carbocycles. The number of thioether (sulfide) groups is 1. The number of hydrogen-bond donors (Lipinski definition) is 0. The minimum absolute atomic E-state index is 0.0271. The molecule has 2 aromatic heterocycles. The second-order valence-corrected chi connectivity index (χ2v) is 9.70. The molecule has 0 fully saturated rings. The molecular weight excluding hydrogens is 424 g/mol. The highest BCUT2D eigenvalue weighted by molar-refractivity contribution is 8.01. The van der Waals surface area contributed by atoms with Gasteiger partial charge in [0.25, 0.3) is 5.56 Å². The van der Waals surface area contributed by atoms with Crippen LogP contribution in [-0.4, -0.2) is 31.8 Å². The van der Waals surface area contributed by atoms with Crippen LogP contribution in [0.5, 0.6) is 0 Å². The van der Waals surface area contributed by atoms with E-state index in [-0.39, 0.29) is 5.56 Å². The van der Waals surface area contributed by atoms with Crippen LogP contribution in [0.15, 0.2) is 75.9 Å². The monoisotopic (exact) mass is 446 g/mol. The third-order valence-electron chi connectivity index (χ3n) is 5.28. The van der Waals surface area contributed by atoms with Crippen LogP contribution in [0, 0.1) is 0 Å². The van der Waals surface area contributed by atoms with E-state index in [4.69, 9.17) is 4.98 Å². The van der Waals surface area contributed by atoms with E-state index in [1.165, 1.54) is 27.0 Å². The molecule has 0 radical (unpaired) electrons. The quantitative estimate of drug-likeness (QED) is 0.408. The molecule has 2 aromatic carbocycles. The molecule has 0 saturated carbocycles. The van der Waals surface area contributed by atoms with Gasteiger partial charge in [0.05, 0.1) is 11.3 Å². The Labute approximate surface area is 189 Å². The SMILES string of the molecule is O=c1c2c(nc3sc(SC/C=C/c4ccccc4)nn13)CCN(Cc1ccccc1)C2. The number of benzene rings is 2. The van der Waals surface area contributed by atoms with Crippen molar-refractivity contribution in [1.82, 2.24) is 19.5 Å². The van der Waals surface area contributed by atoms with Crippen LogP contribution >= 0.6 is 23.1 Å². The third kappa shape index (κ3) is 4.63. The van der Waals surface area contributed by atoms with E-state index in [0.29, 0.717) is 11.5 Å². The van der Waals surface area contributed by atoms with Gasteiger partial charge in [-0.1, -0.05) is 95.9 Å². The summed E-state index contributed by atoms with van der Waals surface area (Å²) in [5.41, 5.74) is 4.12. The maximum Gasteiger partial charge on any atom is 0.279 e. The fourth-order valence-corrected chi connectivity index (χ4v) is 5.52. The highest BCUT2D eigenvalue weighted by Crippen LogP contribution is 2.25. The van der Waals surface area contributed by atoms with E-state index in [1.54, 1.807) is 11.8 Å². The van der Waals surface area contributed by atoms with Crippen molar-refractivity contribution in [2.75, 3.05) is 12.3 Å². The molecule has 5 nitrogen and oxygen atoms in total. The summed E-state index contributed by atoms with van der Waals surface area (Å²) in [5, 5.41) is 4.54. The molecule has 0 atom stereocenters. The van der Waals surface area contributed by atoms with E-state index < -0.39 is 0 Å². The lowest BCUT2D eigenvalue weighted by Crippen LogP contribution is -2.36. The lowest BCUT2D eigenvalue weighted by Gasteiger charge is -2.27. The van der Waals surface area contributed by atoms with Gasteiger partial charge in [-0.05, 0) is 11.1 Å². The molecule has 5 rings (SSSR count). The molecule has 0 amide bonds. The van der Waals surface area contributed by atoms with Crippen molar-refractivity contribution in [2.24, 2.45) is 0 Å². The van der Waals surface area contributed by atoms with Gasteiger partial charge in [-0.2, -0.15) is 4.52 Å². The van der Waals surface area contributed by atoms with Crippen LogP contribution in [0.25, 0.3) is 11.0 Å². The van der Waals surface area contributed by atoms with Gasteiger partial charge in [0.2, 0.25) is 4.96 Å². The number of hydrogen-bond acceptors (Lipinski definition) is 6. The minimum Gasteiger partial charge on any atom is -0.294 e. The van der Waals surface area contributed by atoms with Crippen molar-refractivity contribution in [2.45, 2.75) is 23.8 Å². The number of rotatable bonds is 6. The largest absolute Gasteiger partial charge is 0.294 e. The second-order valence-electron chi connectivity index (χ2n) is 7.47. The maximum atomic E-state index is 13.1. The highest BCUT2D eigenvalue weighted by atomic mass is 32.2. The predicted molar refractivity (Wildman–Crippen MR) is 128 cm³/mol. The van der Waals surface area contributed by atoms with E-state index >= 15 is 0 Å². The standard InChI is InChI=1S/C24H22N4OS2/c29-22-20-17-27(16-19-10-5-2-6-11-19)14-13-21(20)25-23-28(22)26-24(31-23)30-15-7-12-18-8-3-1-4-9-18/h1-12H,13-17H2/b12-7+. The number of aromatic nitrogens is 3. The van der Waals surface area contributed by atoms with Gasteiger partial charge in [0.1, 0.15) is 0 Å². The van der Waals surface area contributed by atoms with E-state index in [2.05, 4.69) is 58.5 Å². The predicted octanol–water partition coefficient (Wildman–Crippen LogP) is 4.51. The Morgan fingerprint density at radius 3 is 2.65 bits per heavy atom. The smallest absolute Gasteiger partial charge is 0.279 e. The van der Waals surface area contributed by atoms with Crippen LogP contribution in [0.3, 0.4) is 0 Å². The summed E-state index contributed by atoms with van der Waals surface area (Å²) in [7, 11) is 0. The van der Waals surface area contributed by atoms with Gasteiger partial charge in [0.15, 0.2) is 4.34 Å². The normalized spacial score (nSPS) is 14.3. The van der Waals surface area contributed by atoms with Gasteiger partial charge >= 0.3 is 0 Å². The zero-order valence-corrected chi connectivity index (χ0v) is 18.6. The fourth-order valence-electron chi connectivity index (χ4n) is 3.74. The number of fused-ring (bicyclic) bond motifs is 2. The Kier molecular flexibility index (Phi) is 5.97. The number of nitrogens with zero attached hydrogens (tertiary/aromatic N) is 4. The molecule has 31 heavy (non-hydrogen) atoms. The molecule has 156 valence electrons. The first-order chi connectivity index (χ1) is 15.3. The molecule has 1 aliphatic rings. The molecule has 1 aliphatic heterocycles. The molecule has 4 aromatic rings. The van der Waals surface area contributed by atoms with Crippen molar-refractivity contribution in [1.29, 1.82) is 0 Å². The summed E-state index contributed by atoms with van der Waals surface area (Å²) in [4.78, 5) is 20.9. The summed E-state index contributed by atoms with van der Waals surface area (Å²) in [6, 6.07) is 20.6. The van der Waals surface area contributed by atoms with Crippen molar-refractivity contribution >= 4 is 34.1 Å². The van der Waals surface area contributed by atoms with Gasteiger partial charge in [-0.25, -0.2) is 4.98 Å². The first kappa shape index (κ1) is 20.2. The van der Waals surface area contributed by atoms with Crippen molar-refractivity contribution < 1.29 is 0 Å². The van der Waals surface area contributed by atoms with E-state index in [1.807, 2.05) is 24.3 Å². The van der Waals surface area contributed by atoms with Gasteiger partial charge in [-0.3, -0.25) is 9.69 Å². The van der Waals surface area contributed by atoms with Crippen LogP contribution < -0.4 is 5.56 Å². The fraction of sp³-hybridized carbons (Fsp3) is 0.208. The topological polar surface area (TPSA) is 50.5 Å². The summed E-state index contributed by atoms with van der Waals surface area (Å²) in [6.07, 6.45) is 5.02. The van der Waals surface area contributed by atoms with E-state index in [0.717, 1.165) is 40.9 Å². The molecule has 0 unspecified atom stereocenters. The average molecular weight is 447 g/mol. The summed E-state index contributed by atoms with van der Waals surface area (Å²) in [5.74, 6) is 0.800. The molecule has 0 saturated heterocycles. The van der Waals surface area contributed by atoms with Crippen molar-refractivity contribution in [3.8, 4) is 0 Å². The molecule has 0 bridgehead atoms. The zero-order chi connectivity index (χ0) is 21.0. The Morgan fingerprint density at radius 2 is 1.84 bits per heavy atom. The Hall–Kier alpha value is -2.74. The van der Waals surface area contributed by atoms with Gasteiger partial charge < -0.3 is 0 Å². The maximum absolute atomic E-state index is 13.1. The van der Waals surface area contributed by atoms with E-state index in [9.17, 15) is 4.79 Å². The molecular formula is C24H22N4OS2. The summed E-state index contributed by atoms with van der Waals surface area (Å²) < 4.78 is 2.35. The lowest BCUT2D eigenvalue weighted by molar-refractivity contribution is 0.241. The Balaban J connectivity index is 1.31. The highest BCUT2D eigenvalue weighted by Gasteiger charge is 2.23. The third-order valence-corrected chi connectivity index (χ3v) is 7.27. The van der Waals surface area contributed by atoms with Crippen LogP contribution in [0.2, 0.25) is 0 Å². The zero-order valence-electron chi connectivity index (χ0n) is 17.0. The Bertz CT molecular complexity index is 1270. The molecule has 0 spiro atoms. The second kappa shape index (κ2) is 9.18. The van der Waals surface area contributed by atoms with Crippen LogP contribution in [-0.2, 0) is 19.5 Å².